The van der Waals surface area contributed by atoms with Gasteiger partial charge in [0.25, 0.3) is 5.91 Å². The van der Waals surface area contributed by atoms with Crippen LogP contribution in [0.15, 0.2) is 52.6 Å². The molecule has 0 bridgehead atoms. The number of halogens is 2. The molecule has 0 N–H and O–H groups in total. The second-order valence-corrected chi connectivity index (χ2v) is 8.34. The molecule has 26 heavy (non-hydrogen) atoms. The molecule has 3 rings (SSSR count). The molecule has 2 aromatic carbocycles. The van der Waals surface area contributed by atoms with E-state index in [0.29, 0.717) is 26.0 Å². The molecule has 0 fully saturated rings. The van der Waals surface area contributed by atoms with Gasteiger partial charge in [0.1, 0.15) is 10.6 Å². The molecule has 0 atom stereocenters. The van der Waals surface area contributed by atoms with Crippen LogP contribution in [0.2, 0.25) is 5.02 Å². The molecule has 0 aliphatic carbocycles. The van der Waals surface area contributed by atoms with Gasteiger partial charge in [-0.2, -0.15) is 0 Å². The van der Waals surface area contributed by atoms with E-state index in [1.54, 1.807) is 24.3 Å². The molecule has 4 nitrogen and oxygen atoms in total. The highest BCUT2D eigenvalue weighted by molar-refractivity contribution is 9.11. The van der Waals surface area contributed by atoms with E-state index < -0.39 is 0 Å². The van der Waals surface area contributed by atoms with Gasteiger partial charge >= 0.3 is 0 Å². The van der Waals surface area contributed by atoms with Gasteiger partial charge in [-0.15, -0.1) is 11.3 Å². The highest BCUT2D eigenvalue weighted by atomic mass is 79.9. The minimum absolute atomic E-state index is 0.146. The molecule has 3 aromatic rings. The van der Waals surface area contributed by atoms with Crippen LogP contribution in [0.4, 0.5) is 5.69 Å². The van der Waals surface area contributed by atoms with E-state index in [1.807, 2.05) is 43.3 Å². The predicted octanol–water partition coefficient (Wildman–Crippen LogP) is 5.72. The molecule has 0 radical (unpaired) electrons. The molecule has 1 aromatic heterocycles. The number of rotatable bonds is 5. The number of hydrogen-bond donors (Lipinski definition) is 0. The van der Waals surface area contributed by atoms with Crippen LogP contribution in [0.25, 0.3) is 0 Å². The second-order valence-electron chi connectivity index (χ2n) is 5.63. The topological polar surface area (TPSA) is 42.4 Å². The lowest BCUT2D eigenvalue weighted by atomic mass is 10.1. The number of amides is 1. The normalized spacial score (nSPS) is 10.6. The Labute approximate surface area is 169 Å². The van der Waals surface area contributed by atoms with Crippen LogP contribution in [0, 0.1) is 6.92 Å². The molecule has 7 heteroatoms. The Morgan fingerprint density at radius 3 is 2.73 bits per heavy atom. The summed E-state index contributed by atoms with van der Waals surface area (Å²) in [5.41, 5.74) is 2.57. The number of carbonyl (C=O) groups excluding carboxylic acids is 1. The van der Waals surface area contributed by atoms with Crippen molar-refractivity contribution in [2.75, 3.05) is 12.0 Å². The van der Waals surface area contributed by atoms with E-state index >= 15 is 0 Å². The summed E-state index contributed by atoms with van der Waals surface area (Å²) in [6.45, 7) is 2.31. The molecular weight excluding hydrogens is 436 g/mol. The molecule has 134 valence electrons. The van der Waals surface area contributed by atoms with E-state index in [2.05, 4.69) is 20.9 Å². The van der Waals surface area contributed by atoms with Gasteiger partial charge in [0, 0.05) is 0 Å². The monoisotopic (exact) mass is 450 g/mol. The quantitative estimate of drug-likeness (QED) is 0.498. The number of hydrogen-bond acceptors (Lipinski definition) is 4. The number of benzene rings is 2. The number of nitrogens with zero attached hydrogens (tertiary/aromatic N) is 2. The average Bonchev–Trinajstić information content (AvgIpc) is 3.06. The molecular formula is C19H16BrClN2O2S. The highest BCUT2D eigenvalue weighted by Gasteiger charge is 2.24. The SMILES string of the molecule is COc1cccc(CN(C(=O)c2cnc(Br)s2)c2c(C)cccc2Cl)c1. The maximum absolute atomic E-state index is 13.2. The Morgan fingerprint density at radius 2 is 2.08 bits per heavy atom. The molecule has 0 aliphatic heterocycles. The third kappa shape index (κ3) is 4.09. The summed E-state index contributed by atoms with van der Waals surface area (Å²) < 4.78 is 5.96. The summed E-state index contributed by atoms with van der Waals surface area (Å²) in [6.07, 6.45) is 1.57. The number of ether oxygens (including phenoxy) is 1. The zero-order valence-corrected chi connectivity index (χ0v) is 17.4. The van der Waals surface area contributed by atoms with Gasteiger partial charge in [0.2, 0.25) is 0 Å². The highest BCUT2D eigenvalue weighted by Crippen LogP contribution is 2.33. The summed E-state index contributed by atoms with van der Waals surface area (Å²) in [5, 5.41) is 0.532. The fourth-order valence-corrected chi connectivity index (χ4v) is 4.19. The minimum Gasteiger partial charge on any atom is -0.497 e. The Morgan fingerprint density at radius 1 is 1.31 bits per heavy atom. The van der Waals surface area contributed by atoms with Crippen LogP contribution < -0.4 is 9.64 Å². The van der Waals surface area contributed by atoms with Gasteiger partial charge in [-0.1, -0.05) is 35.9 Å². The van der Waals surface area contributed by atoms with Crippen molar-refractivity contribution in [3.8, 4) is 5.75 Å². The van der Waals surface area contributed by atoms with Crippen LogP contribution in [0.5, 0.6) is 5.75 Å². The summed E-state index contributed by atoms with van der Waals surface area (Å²) in [5.74, 6) is 0.596. The van der Waals surface area contributed by atoms with Crippen molar-refractivity contribution in [2.24, 2.45) is 0 Å². The van der Waals surface area contributed by atoms with Crippen LogP contribution in [0.3, 0.4) is 0 Å². The Balaban J connectivity index is 2.05. The van der Waals surface area contributed by atoms with Crippen molar-refractivity contribution in [2.45, 2.75) is 13.5 Å². The van der Waals surface area contributed by atoms with E-state index in [0.717, 1.165) is 16.9 Å². The zero-order valence-electron chi connectivity index (χ0n) is 14.2. The summed E-state index contributed by atoms with van der Waals surface area (Å²) >= 11 is 11.1. The number of methoxy groups -OCH3 is 1. The lowest BCUT2D eigenvalue weighted by Gasteiger charge is -2.25. The van der Waals surface area contributed by atoms with Gasteiger partial charge in [-0.3, -0.25) is 4.79 Å². The maximum atomic E-state index is 13.2. The third-order valence-electron chi connectivity index (χ3n) is 3.87. The summed E-state index contributed by atoms with van der Waals surface area (Å²) in [4.78, 5) is 19.6. The molecule has 1 heterocycles. The fourth-order valence-electron chi connectivity index (χ4n) is 2.66. The van der Waals surface area contributed by atoms with E-state index in [-0.39, 0.29) is 5.91 Å². The smallest absolute Gasteiger partial charge is 0.270 e. The lowest BCUT2D eigenvalue weighted by molar-refractivity contribution is 0.0988. The number of anilines is 1. The van der Waals surface area contributed by atoms with E-state index in [9.17, 15) is 4.79 Å². The minimum atomic E-state index is -0.146. The predicted molar refractivity (Wildman–Crippen MR) is 110 cm³/mol. The van der Waals surface area contributed by atoms with Crippen molar-refractivity contribution >= 4 is 50.5 Å². The van der Waals surface area contributed by atoms with Crippen LogP contribution in [0.1, 0.15) is 20.8 Å². The molecule has 0 saturated heterocycles. The molecule has 1 amide bonds. The number of aryl methyl sites for hydroxylation is 1. The summed E-state index contributed by atoms with van der Waals surface area (Å²) in [7, 11) is 1.62. The van der Waals surface area contributed by atoms with Gasteiger partial charge in [-0.05, 0) is 52.2 Å². The van der Waals surface area contributed by atoms with Gasteiger partial charge in [0.05, 0.1) is 30.6 Å². The van der Waals surface area contributed by atoms with Crippen molar-refractivity contribution in [3.05, 3.63) is 73.6 Å². The van der Waals surface area contributed by atoms with Crippen LogP contribution >= 0.6 is 38.9 Å². The first-order valence-electron chi connectivity index (χ1n) is 7.81. The van der Waals surface area contributed by atoms with E-state index in [4.69, 9.17) is 16.3 Å². The number of carbonyl (C=O) groups is 1. The fraction of sp³-hybridized carbons (Fsp3) is 0.158. The number of para-hydroxylation sites is 1. The van der Waals surface area contributed by atoms with Gasteiger partial charge in [0.15, 0.2) is 3.92 Å². The second kappa shape index (κ2) is 8.20. The molecule has 0 aliphatic rings. The number of thiazole rings is 1. The van der Waals surface area contributed by atoms with Crippen LogP contribution in [-0.2, 0) is 6.54 Å². The third-order valence-corrected chi connectivity index (χ3v) is 5.64. The lowest BCUT2D eigenvalue weighted by Crippen LogP contribution is -2.30. The largest absolute Gasteiger partial charge is 0.497 e. The Hall–Kier alpha value is -1.89. The average molecular weight is 452 g/mol. The first-order valence-corrected chi connectivity index (χ1v) is 9.79. The Bertz CT molecular complexity index is 925. The first-order chi connectivity index (χ1) is 12.5. The zero-order chi connectivity index (χ0) is 18.7. The first kappa shape index (κ1) is 18.9. The summed E-state index contributed by atoms with van der Waals surface area (Å²) in [6, 6.07) is 13.2. The standard InChI is InChI=1S/C19H16BrClN2O2S/c1-12-5-3-8-15(21)17(12)23(18(24)16-10-22-19(20)26-16)11-13-6-4-7-14(9-13)25-2/h3-10H,11H2,1-2H3. The van der Waals surface area contributed by atoms with Crippen LogP contribution in [-0.4, -0.2) is 18.0 Å². The van der Waals surface area contributed by atoms with Gasteiger partial charge in [-0.25, -0.2) is 4.98 Å². The van der Waals surface area contributed by atoms with Crippen molar-refractivity contribution in [3.63, 3.8) is 0 Å². The molecule has 0 saturated carbocycles. The van der Waals surface area contributed by atoms with Crippen molar-refractivity contribution in [1.29, 1.82) is 0 Å². The maximum Gasteiger partial charge on any atom is 0.270 e. The van der Waals surface area contributed by atoms with Crippen molar-refractivity contribution < 1.29 is 9.53 Å². The van der Waals surface area contributed by atoms with E-state index in [1.165, 1.54) is 11.3 Å². The Kier molecular flexibility index (Phi) is 5.96. The molecule has 0 spiro atoms. The number of aromatic nitrogens is 1. The van der Waals surface area contributed by atoms with Gasteiger partial charge < -0.3 is 9.64 Å². The molecule has 0 unspecified atom stereocenters. The van der Waals surface area contributed by atoms with Crippen molar-refractivity contribution in [1.82, 2.24) is 4.98 Å².